The fourth-order valence-electron chi connectivity index (χ4n) is 2.83. The average molecular weight is 468 g/mol. The van der Waals surface area contributed by atoms with Crippen molar-refractivity contribution in [3.63, 3.8) is 0 Å². The van der Waals surface area contributed by atoms with Crippen molar-refractivity contribution >= 4 is 0 Å². The van der Waals surface area contributed by atoms with Gasteiger partial charge in [0.15, 0.2) is 0 Å². The van der Waals surface area contributed by atoms with E-state index in [4.69, 9.17) is 9.47 Å². The van der Waals surface area contributed by atoms with Crippen molar-refractivity contribution in [2.45, 2.75) is 87.3 Å². The highest BCUT2D eigenvalue weighted by Gasteiger charge is 2.86. The Bertz CT molecular complexity index is 514. The van der Waals surface area contributed by atoms with E-state index in [2.05, 4.69) is 0 Å². The van der Waals surface area contributed by atoms with Crippen LogP contribution in [0.1, 0.15) is 51.4 Å². The van der Waals surface area contributed by atoms with Crippen molar-refractivity contribution < 1.29 is 57.8 Å². The molecule has 0 aliphatic carbocycles. The van der Waals surface area contributed by atoms with Crippen LogP contribution in [-0.4, -0.2) is 55.8 Å². The first-order valence-corrected chi connectivity index (χ1v) is 9.35. The Labute approximate surface area is 166 Å². The van der Waals surface area contributed by atoms with Gasteiger partial charge in [0.05, 0.1) is 12.7 Å². The summed E-state index contributed by atoms with van der Waals surface area (Å²) in [5, 5.41) is 0. The van der Waals surface area contributed by atoms with E-state index in [0.717, 1.165) is 12.8 Å². The third kappa shape index (κ3) is 6.10. The quantitative estimate of drug-likeness (QED) is 0.223. The van der Waals surface area contributed by atoms with E-state index in [1.807, 2.05) is 0 Å². The Morgan fingerprint density at radius 2 is 1.27 bits per heavy atom. The standard InChI is InChI=1S/C17H23F11O2/c18-13(19,14(20,21)15(22,23)16(24,25)17(26,27)28)8-4-2-1-3-5-9-29-11-12-7-6-10-30-12/h12H,1-11H2. The van der Waals surface area contributed by atoms with Gasteiger partial charge in [-0.05, 0) is 25.7 Å². The maximum atomic E-state index is 13.5. The van der Waals surface area contributed by atoms with Crippen molar-refractivity contribution in [1.82, 2.24) is 0 Å². The van der Waals surface area contributed by atoms with Gasteiger partial charge in [-0.25, -0.2) is 0 Å². The number of halogens is 11. The van der Waals surface area contributed by atoms with Crippen LogP contribution in [0.4, 0.5) is 48.3 Å². The van der Waals surface area contributed by atoms with Gasteiger partial charge in [-0.1, -0.05) is 19.3 Å². The molecule has 1 atom stereocenters. The smallest absolute Gasteiger partial charge is 0.379 e. The molecule has 1 unspecified atom stereocenters. The van der Waals surface area contributed by atoms with Crippen molar-refractivity contribution in [2.24, 2.45) is 0 Å². The summed E-state index contributed by atoms with van der Waals surface area (Å²) < 4.78 is 152. The number of hydrogen-bond acceptors (Lipinski definition) is 2. The van der Waals surface area contributed by atoms with E-state index >= 15 is 0 Å². The molecule has 0 amide bonds. The molecule has 0 aromatic carbocycles. The third-order valence-electron chi connectivity index (χ3n) is 4.71. The number of hydrogen-bond donors (Lipinski definition) is 0. The van der Waals surface area contributed by atoms with Gasteiger partial charge in [0.25, 0.3) is 0 Å². The first-order valence-electron chi connectivity index (χ1n) is 9.35. The zero-order valence-corrected chi connectivity index (χ0v) is 15.8. The zero-order valence-electron chi connectivity index (χ0n) is 15.8. The fourth-order valence-corrected chi connectivity index (χ4v) is 2.83. The largest absolute Gasteiger partial charge is 0.460 e. The molecule has 1 heterocycles. The monoisotopic (exact) mass is 468 g/mol. The van der Waals surface area contributed by atoms with Crippen LogP contribution in [0.15, 0.2) is 0 Å². The zero-order chi connectivity index (χ0) is 23.3. The van der Waals surface area contributed by atoms with E-state index in [-0.39, 0.29) is 18.9 Å². The normalized spacial score (nSPS) is 19.5. The summed E-state index contributed by atoms with van der Waals surface area (Å²) in [5.41, 5.74) is 0. The van der Waals surface area contributed by atoms with Crippen LogP contribution in [-0.2, 0) is 9.47 Å². The van der Waals surface area contributed by atoms with Crippen LogP contribution in [0.25, 0.3) is 0 Å². The van der Waals surface area contributed by atoms with Gasteiger partial charge in [0.2, 0.25) is 0 Å². The molecule has 0 N–H and O–H groups in total. The van der Waals surface area contributed by atoms with E-state index in [1.165, 1.54) is 0 Å². The molecule has 0 bridgehead atoms. The molecule has 0 spiro atoms. The van der Waals surface area contributed by atoms with Crippen molar-refractivity contribution in [1.29, 1.82) is 0 Å². The number of unbranched alkanes of at least 4 members (excludes halogenated alkanes) is 4. The highest BCUT2D eigenvalue weighted by Crippen LogP contribution is 2.58. The van der Waals surface area contributed by atoms with Crippen molar-refractivity contribution in [3.8, 4) is 0 Å². The minimum atomic E-state index is -7.32. The maximum absolute atomic E-state index is 13.5. The topological polar surface area (TPSA) is 18.5 Å². The Hall–Kier alpha value is -0.850. The molecule has 1 fully saturated rings. The molecule has 1 rings (SSSR count). The molecule has 0 aromatic rings. The highest BCUT2D eigenvalue weighted by atomic mass is 19.4. The lowest BCUT2D eigenvalue weighted by atomic mass is 9.94. The van der Waals surface area contributed by atoms with Gasteiger partial charge in [-0.3, -0.25) is 0 Å². The molecule has 13 heteroatoms. The van der Waals surface area contributed by atoms with Gasteiger partial charge < -0.3 is 9.47 Å². The second-order valence-electron chi connectivity index (χ2n) is 7.15. The minimum absolute atomic E-state index is 0.0248. The van der Waals surface area contributed by atoms with Crippen LogP contribution in [0, 0.1) is 0 Å². The Morgan fingerprint density at radius 1 is 0.700 bits per heavy atom. The third-order valence-corrected chi connectivity index (χ3v) is 4.71. The molecule has 180 valence electrons. The van der Waals surface area contributed by atoms with Crippen LogP contribution >= 0.6 is 0 Å². The van der Waals surface area contributed by atoms with E-state index in [0.29, 0.717) is 32.7 Å². The van der Waals surface area contributed by atoms with Gasteiger partial charge in [-0.15, -0.1) is 0 Å². The molecule has 30 heavy (non-hydrogen) atoms. The molecule has 0 aromatic heterocycles. The second-order valence-corrected chi connectivity index (χ2v) is 7.15. The Balaban J connectivity index is 2.38. The lowest BCUT2D eigenvalue weighted by Gasteiger charge is -2.37. The first-order chi connectivity index (χ1) is 13.6. The van der Waals surface area contributed by atoms with Gasteiger partial charge in [0.1, 0.15) is 0 Å². The molecule has 2 nitrogen and oxygen atoms in total. The van der Waals surface area contributed by atoms with Crippen LogP contribution in [0.5, 0.6) is 0 Å². The van der Waals surface area contributed by atoms with Gasteiger partial charge in [-0.2, -0.15) is 48.3 Å². The molecule has 1 aliphatic rings. The summed E-state index contributed by atoms with van der Waals surface area (Å²) in [5.74, 6) is -27.3. The maximum Gasteiger partial charge on any atom is 0.460 e. The number of alkyl halides is 11. The SMILES string of the molecule is FC(F)(F)C(F)(F)C(F)(F)C(F)(F)C(F)(F)CCCCCCCOCC1CCCO1. The summed E-state index contributed by atoms with van der Waals surface area (Å²) in [4.78, 5) is 0. The Kier molecular flexibility index (Phi) is 9.22. The summed E-state index contributed by atoms with van der Waals surface area (Å²) in [6, 6.07) is 0. The molecule has 0 saturated carbocycles. The molecular formula is C17H23F11O2. The number of rotatable bonds is 13. The minimum Gasteiger partial charge on any atom is -0.379 e. The first kappa shape index (κ1) is 27.2. The lowest BCUT2D eigenvalue weighted by molar-refractivity contribution is -0.422. The summed E-state index contributed by atoms with van der Waals surface area (Å²) >= 11 is 0. The molecule has 0 radical (unpaired) electrons. The van der Waals surface area contributed by atoms with Crippen LogP contribution in [0.3, 0.4) is 0 Å². The van der Waals surface area contributed by atoms with Gasteiger partial charge >= 0.3 is 29.9 Å². The number of ether oxygens (including phenoxy) is 2. The summed E-state index contributed by atoms with van der Waals surface area (Å²) in [7, 11) is 0. The van der Waals surface area contributed by atoms with Gasteiger partial charge in [0, 0.05) is 19.6 Å². The average Bonchev–Trinajstić information content (AvgIpc) is 3.12. The predicted molar refractivity (Wildman–Crippen MR) is 83.3 cm³/mol. The summed E-state index contributed by atoms with van der Waals surface area (Å²) in [6.07, 6.45) is -6.93. The Morgan fingerprint density at radius 3 is 1.80 bits per heavy atom. The fraction of sp³-hybridized carbons (Fsp3) is 1.00. The lowest BCUT2D eigenvalue weighted by Crippen LogP contribution is -2.66. The van der Waals surface area contributed by atoms with E-state index in [1.54, 1.807) is 0 Å². The predicted octanol–water partition coefficient (Wildman–Crippen LogP) is 6.63. The van der Waals surface area contributed by atoms with Crippen LogP contribution in [0.2, 0.25) is 0 Å². The van der Waals surface area contributed by atoms with Crippen molar-refractivity contribution in [3.05, 3.63) is 0 Å². The van der Waals surface area contributed by atoms with E-state index in [9.17, 15) is 48.3 Å². The molecule has 1 aliphatic heterocycles. The molecule has 1 saturated heterocycles. The summed E-state index contributed by atoms with van der Waals surface area (Å²) in [6.45, 7) is 1.41. The molecular weight excluding hydrogens is 445 g/mol. The van der Waals surface area contributed by atoms with E-state index < -0.39 is 42.7 Å². The highest BCUT2D eigenvalue weighted by molar-refractivity contribution is 5.06. The van der Waals surface area contributed by atoms with Crippen LogP contribution < -0.4 is 0 Å². The van der Waals surface area contributed by atoms with Crippen molar-refractivity contribution in [2.75, 3.05) is 19.8 Å². The second kappa shape index (κ2) is 10.2.